The van der Waals surface area contributed by atoms with Crippen molar-refractivity contribution in [1.29, 1.82) is 0 Å². The molecule has 3 aliphatic rings. The molecule has 0 bridgehead atoms. The van der Waals surface area contributed by atoms with Gasteiger partial charge in [0.05, 0.1) is 0 Å². The number of rotatable bonds is 4. The number of carbonyl (C=O) groups excluding carboxylic acids is 3. The number of piperidine rings is 1. The highest BCUT2D eigenvalue weighted by Gasteiger charge is 2.39. The van der Waals surface area contributed by atoms with Gasteiger partial charge in [-0.2, -0.15) is 0 Å². The Morgan fingerprint density at radius 3 is 2.73 bits per heavy atom. The number of imide groups is 1. The summed E-state index contributed by atoms with van der Waals surface area (Å²) in [5, 5.41) is 6.03. The second kappa shape index (κ2) is 7.69. The molecule has 2 aliphatic heterocycles. The molecule has 3 amide bonds. The summed E-state index contributed by atoms with van der Waals surface area (Å²) in [6.07, 6.45) is 4.12. The summed E-state index contributed by atoms with van der Waals surface area (Å²) < 4.78 is 0. The van der Waals surface area contributed by atoms with Gasteiger partial charge in [0.1, 0.15) is 6.04 Å². The minimum absolute atomic E-state index is 0.125. The molecule has 30 heavy (non-hydrogen) atoms. The number of benzene rings is 2. The van der Waals surface area contributed by atoms with Crippen LogP contribution in [-0.2, 0) is 29.1 Å². The van der Waals surface area contributed by atoms with Gasteiger partial charge in [-0.15, -0.1) is 0 Å². The number of amides is 3. The van der Waals surface area contributed by atoms with Crippen LogP contribution in [0.4, 0.5) is 0 Å². The summed E-state index contributed by atoms with van der Waals surface area (Å²) in [7, 11) is 0. The topological polar surface area (TPSA) is 78.5 Å². The van der Waals surface area contributed by atoms with Crippen LogP contribution < -0.4 is 10.6 Å². The molecule has 1 aliphatic carbocycles. The lowest BCUT2D eigenvalue weighted by Gasteiger charge is -2.29. The molecule has 2 atom stereocenters. The van der Waals surface area contributed by atoms with E-state index < -0.39 is 6.04 Å². The molecule has 6 heteroatoms. The fourth-order valence-corrected chi connectivity index (χ4v) is 4.94. The minimum atomic E-state index is -0.567. The Morgan fingerprint density at radius 2 is 1.87 bits per heavy atom. The summed E-state index contributed by atoms with van der Waals surface area (Å²) >= 11 is 0. The van der Waals surface area contributed by atoms with Gasteiger partial charge in [0, 0.05) is 31.1 Å². The molecule has 6 nitrogen and oxygen atoms in total. The molecule has 2 aromatic carbocycles. The van der Waals surface area contributed by atoms with Gasteiger partial charge in [0.2, 0.25) is 11.8 Å². The molecule has 1 fully saturated rings. The molecule has 0 spiro atoms. The van der Waals surface area contributed by atoms with Gasteiger partial charge in [-0.25, -0.2) is 0 Å². The average molecular weight is 403 g/mol. The zero-order chi connectivity index (χ0) is 20.7. The third-order valence-electron chi connectivity index (χ3n) is 6.51. The fraction of sp³-hybridized carbons (Fsp3) is 0.375. The first kappa shape index (κ1) is 19.0. The third-order valence-corrected chi connectivity index (χ3v) is 6.51. The van der Waals surface area contributed by atoms with E-state index in [1.54, 1.807) is 4.90 Å². The molecule has 0 saturated carbocycles. The Bertz CT molecular complexity index is 1030. The van der Waals surface area contributed by atoms with Gasteiger partial charge in [-0.05, 0) is 54.0 Å². The summed E-state index contributed by atoms with van der Waals surface area (Å²) in [5.74, 6) is -0.761. The van der Waals surface area contributed by atoms with Gasteiger partial charge in [0.15, 0.2) is 0 Å². The first-order valence-electron chi connectivity index (χ1n) is 10.7. The van der Waals surface area contributed by atoms with Crippen LogP contribution in [0.3, 0.4) is 0 Å². The van der Waals surface area contributed by atoms with E-state index in [-0.39, 0.29) is 24.1 Å². The largest absolute Gasteiger partial charge is 0.322 e. The standard InChI is InChI=1S/C24H25N3O3/c28-22-11-10-21(23(29)26-22)27-14-17-12-15(8-9-19(17)24(27)30)13-25-20-7-3-5-16-4-1-2-6-18(16)20/h1-2,4,6,8-9,12,20-21,25H,3,5,7,10-11,13-14H2,(H,26,28,29)/t20-,21?/m0/s1. The van der Waals surface area contributed by atoms with Crippen LogP contribution in [0.25, 0.3) is 0 Å². The molecule has 5 rings (SSSR count). The number of carbonyl (C=O) groups is 3. The second-order valence-corrected chi connectivity index (χ2v) is 8.42. The van der Waals surface area contributed by atoms with Crippen LogP contribution >= 0.6 is 0 Å². The van der Waals surface area contributed by atoms with E-state index in [0.29, 0.717) is 24.6 Å². The summed E-state index contributed by atoms with van der Waals surface area (Å²) in [5.41, 5.74) is 5.57. The SMILES string of the molecule is O=C1CCC(N2Cc3cc(CN[C@H]4CCCc5ccccc54)ccc3C2=O)C(=O)N1. The summed E-state index contributed by atoms with van der Waals surface area (Å²) in [4.78, 5) is 38.0. The normalized spacial score (nSPS) is 23.2. The van der Waals surface area contributed by atoms with E-state index in [1.165, 1.54) is 17.5 Å². The van der Waals surface area contributed by atoms with E-state index in [9.17, 15) is 14.4 Å². The minimum Gasteiger partial charge on any atom is -0.322 e. The van der Waals surface area contributed by atoms with Crippen molar-refractivity contribution < 1.29 is 14.4 Å². The number of fused-ring (bicyclic) bond motifs is 2. The quantitative estimate of drug-likeness (QED) is 0.770. The molecular formula is C24H25N3O3. The maximum Gasteiger partial charge on any atom is 0.255 e. The molecule has 2 aromatic rings. The van der Waals surface area contributed by atoms with Crippen molar-refractivity contribution in [2.75, 3.05) is 0 Å². The highest BCUT2D eigenvalue weighted by molar-refractivity contribution is 6.05. The first-order chi connectivity index (χ1) is 14.6. The van der Waals surface area contributed by atoms with Crippen molar-refractivity contribution in [3.05, 3.63) is 70.3 Å². The molecule has 0 aromatic heterocycles. The predicted molar refractivity (Wildman–Crippen MR) is 111 cm³/mol. The maximum absolute atomic E-state index is 12.8. The number of hydrogen-bond donors (Lipinski definition) is 2. The van der Waals surface area contributed by atoms with Crippen molar-refractivity contribution in [1.82, 2.24) is 15.5 Å². The maximum atomic E-state index is 12.8. The van der Waals surface area contributed by atoms with Crippen molar-refractivity contribution in [3.63, 3.8) is 0 Å². The van der Waals surface area contributed by atoms with E-state index in [1.807, 2.05) is 12.1 Å². The summed E-state index contributed by atoms with van der Waals surface area (Å²) in [6, 6.07) is 14.4. The van der Waals surface area contributed by atoms with Crippen LogP contribution in [-0.4, -0.2) is 28.7 Å². The zero-order valence-electron chi connectivity index (χ0n) is 16.8. The number of nitrogens with one attached hydrogen (secondary N) is 2. The Balaban J connectivity index is 1.28. The van der Waals surface area contributed by atoms with Gasteiger partial charge < -0.3 is 10.2 Å². The first-order valence-corrected chi connectivity index (χ1v) is 10.7. The molecule has 154 valence electrons. The molecule has 2 N–H and O–H groups in total. The van der Waals surface area contributed by atoms with Crippen molar-refractivity contribution >= 4 is 17.7 Å². The number of nitrogens with zero attached hydrogens (tertiary/aromatic N) is 1. The second-order valence-electron chi connectivity index (χ2n) is 8.42. The zero-order valence-corrected chi connectivity index (χ0v) is 16.8. The van der Waals surface area contributed by atoms with E-state index in [4.69, 9.17) is 0 Å². The van der Waals surface area contributed by atoms with Crippen molar-refractivity contribution in [2.45, 2.75) is 57.3 Å². The highest BCUT2D eigenvalue weighted by atomic mass is 16.2. The van der Waals surface area contributed by atoms with Crippen LogP contribution in [0.1, 0.15) is 64.3 Å². The molecule has 0 radical (unpaired) electrons. The molecule has 1 unspecified atom stereocenters. The number of aryl methyl sites for hydroxylation is 1. The fourth-order valence-electron chi connectivity index (χ4n) is 4.94. The predicted octanol–water partition coefficient (Wildman–Crippen LogP) is 2.61. The van der Waals surface area contributed by atoms with Crippen LogP contribution in [0.15, 0.2) is 42.5 Å². The molecule has 1 saturated heterocycles. The molecular weight excluding hydrogens is 378 g/mol. The lowest BCUT2D eigenvalue weighted by molar-refractivity contribution is -0.136. The van der Waals surface area contributed by atoms with Gasteiger partial charge in [-0.1, -0.05) is 36.4 Å². The smallest absolute Gasteiger partial charge is 0.255 e. The van der Waals surface area contributed by atoms with Gasteiger partial charge in [0.25, 0.3) is 5.91 Å². The number of hydrogen-bond acceptors (Lipinski definition) is 4. The van der Waals surface area contributed by atoms with Gasteiger partial charge >= 0.3 is 0 Å². The van der Waals surface area contributed by atoms with Crippen molar-refractivity contribution in [2.24, 2.45) is 0 Å². The van der Waals surface area contributed by atoms with Crippen LogP contribution in [0.2, 0.25) is 0 Å². The lowest BCUT2D eigenvalue weighted by Crippen LogP contribution is -2.52. The van der Waals surface area contributed by atoms with E-state index in [2.05, 4.69) is 41.0 Å². The van der Waals surface area contributed by atoms with Crippen molar-refractivity contribution in [3.8, 4) is 0 Å². The van der Waals surface area contributed by atoms with Gasteiger partial charge in [-0.3, -0.25) is 19.7 Å². The third kappa shape index (κ3) is 3.41. The lowest BCUT2D eigenvalue weighted by atomic mass is 9.87. The van der Waals surface area contributed by atoms with E-state index in [0.717, 1.165) is 30.5 Å². The summed E-state index contributed by atoms with van der Waals surface area (Å²) in [6.45, 7) is 1.15. The Kier molecular flexibility index (Phi) is 4.87. The van der Waals surface area contributed by atoms with E-state index >= 15 is 0 Å². The highest BCUT2D eigenvalue weighted by Crippen LogP contribution is 2.31. The molecule has 2 heterocycles. The Morgan fingerprint density at radius 1 is 1.00 bits per heavy atom. The Hall–Kier alpha value is -2.99. The average Bonchev–Trinajstić information content (AvgIpc) is 3.08. The van der Waals surface area contributed by atoms with Crippen LogP contribution in [0.5, 0.6) is 0 Å². The Labute approximate surface area is 175 Å². The monoisotopic (exact) mass is 403 g/mol. The van der Waals surface area contributed by atoms with Crippen LogP contribution in [0, 0.1) is 0 Å².